The number of benzene rings is 2. The number of ether oxygens (including phenoxy) is 1. The summed E-state index contributed by atoms with van der Waals surface area (Å²) in [5.41, 5.74) is 1.40. The third-order valence-corrected chi connectivity index (χ3v) is 5.90. The molecule has 0 radical (unpaired) electrons. The molecule has 6 nitrogen and oxygen atoms in total. The van der Waals surface area contributed by atoms with Gasteiger partial charge >= 0.3 is 5.97 Å². The first-order valence-electron chi connectivity index (χ1n) is 10.2. The highest BCUT2D eigenvalue weighted by Gasteiger charge is 2.21. The second-order valence-electron chi connectivity index (χ2n) is 7.40. The van der Waals surface area contributed by atoms with Gasteiger partial charge < -0.3 is 19.5 Å². The van der Waals surface area contributed by atoms with Crippen molar-refractivity contribution in [1.29, 1.82) is 0 Å². The van der Waals surface area contributed by atoms with Gasteiger partial charge in [-0.3, -0.25) is 4.79 Å². The fourth-order valence-electron chi connectivity index (χ4n) is 3.82. The predicted molar refractivity (Wildman–Crippen MR) is 122 cm³/mol. The molecule has 1 aliphatic rings. The first-order valence-corrected chi connectivity index (χ1v) is 11.0. The van der Waals surface area contributed by atoms with Crippen molar-refractivity contribution in [3.63, 3.8) is 0 Å². The van der Waals surface area contributed by atoms with E-state index in [4.69, 9.17) is 4.74 Å². The normalized spacial score (nSPS) is 14.1. The molecule has 1 saturated heterocycles. The van der Waals surface area contributed by atoms with Gasteiger partial charge in [0.05, 0.1) is 17.8 Å². The van der Waals surface area contributed by atoms with Crippen LogP contribution in [0.15, 0.2) is 51.9 Å². The zero-order valence-electron chi connectivity index (χ0n) is 17.2. The molecule has 0 spiro atoms. The summed E-state index contributed by atoms with van der Waals surface area (Å²) < 4.78 is 22.9. The number of hydrogen-bond donors (Lipinski definition) is 1. The molecular weight excluding hydrogens is 465 g/mol. The second kappa shape index (κ2) is 9.20. The lowest BCUT2D eigenvalue weighted by Crippen LogP contribution is -2.43. The number of hydrogen-bond acceptors (Lipinski definition) is 5. The highest BCUT2D eigenvalue weighted by molar-refractivity contribution is 9.10. The van der Waals surface area contributed by atoms with Crippen molar-refractivity contribution in [2.45, 2.75) is 13.5 Å². The minimum absolute atomic E-state index is 0.0965. The van der Waals surface area contributed by atoms with E-state index in [-0.39, 0.29) is 17.6 Å². The summed E-state index contributed by atoms with van der Waals surface area (Å²) in [6.45, 7) is 5.15. The lowest BCUT2D eigenvalue weighted by Gasteiger charge is -2.30. The van der Waals surface area contributed by atoms with Gasteiger partial charge in [0, 0.05) is 48.8 Å². The maximum absolute atomic E-state index is 15.0. The van der Waals surface area contributed by atoms with E-state index in [1.807, 2.05) is 33.7 Å². The number of esters is 1. The van der Waals surface area contributed by atoms with Gasteiger partial charge in [-0.25, -0.2) is 9.18 Å². The zero-order chi connectivity index (χ0) is 22.0. The number of nitrogens with one attached hydrogen (secondary N) is 1. The van der Waals surface area contributed by atoms with E-state index < -0.39 is 17.2 Å². The molecule has 1 N–H and O–H groups in total. The van der Waals surface area contributed by atoms with Crippen molar-refractivity contribution in [2.75, 3.05) is 37.7 Å². The van der Waals surface area contributed by atoms with E-state index >= 15 is 4.39 Å². The Hall–Kier alpha value is -2.71. The van der Waals surface area contributed by atoms with Gasteiger partial charge in [-0.15, -0.1) is 0 Å². The summed E-state index contributed by atoms with van der Waals surface area (Å²) in [6.07, 6.45) is 1.52. The molecule has 1 fully saturated rings. The Morgan fingerprint density at radius 2 is 1.90 bits per heavy atom. The molecule has 0 saturated carbocycles. The molecule has 0 bridgehead atoms. The van der Waals surface area contributed by atoms with Gasteiger partial charge in [0.1, 0.15) is 11.4 Å². The largest absolute Gasteiger partial charge is 0.462 e. The van der Waals surface area contributed by atoms with Crippen LogP contribution in [0.25, 0.3) is 10.9 Å². The Bertz CT molecular complexity index is 1170. The van der Waals surface area contributed by atoms with Gasteiger partial charge in [0.25, 0.3) is 0 Å². The van der Waals surface area contributed by atoms with Crippen LogP contribution in [0.5, 0.6) is 0 Å². The van der Waals surface area contributed by atoms with E-state index in [2.05, 4.69) is 21.2 Å². The van der Waals surface area contributed by atoms with Gasteiger partial charge in [-0.1, -0.05) is 28.1 Å². The molecule has 0 aliphatic carbocycles. The number of piperazine rings is 1. The minimum atomic E-state index is -0.703. The van der Waals surface area contributed by atoms with Crippen LogP contribution in [-0.2, 0) is 11.3 Å². The molecule has 1 aromatic heterocycles. The molecule has 4 rings (SSSR count). The first kappa shape index (κ1) is 21.5. The Labute approximate surface area is 187 Å². The van der Waals surface area contributed by atoms with Crippen LogP contribution in [0.2, 0.25) is 0 Å². The molecule has 31 heavy (non-hydrogen) atoms. The Balaban J connectivity index is 1.89. The molecule has 2 heterocycles. The molecule has 0 atom stereocenters. The Morgan fingerprint density at radius 1 is 1.19 bits per heavy atom. The van der Waals surface area contributed by atoms with Crippen LogP contribution in [0.3, 0.4) is 0 Å². The average molecular weight is 488 g/mol. The zero-order valence-corrected chi connectivity index (χ0v) is 18.7. The number of aromatic nitrogens is 1. The van der Waals surface area contributed by atoms with Crippen LogP contribution in [-0.4, -0.2) is 43.3 Å². The number of carbonyl (C=O) groups is 1. The summed E-state index contributed by atoms with van der Waals surface area (Å²) in [4.78, 5) is 27.4. The van der Waals surface area contributed by atoms with E-state index in [0.29, 0.717) is 30.8 Å². The van der Waals surface area contributed by atoms with E-state index in [9.17, 15) is 9.59 Å². The molecule has 0 amide bonds. The number of halogens is 2. The van der Waals surface area contributed by atoms with E-state index in [0.717, 1.165) is 23.1 Å². The van der Waals surface area contributed by atoms with E-state index in [1.165, 1.54) is 12.3 Å². The fraction of sp³-hybridized carbons (Fsp3) is 0.304. The van der Waals surface area contributed by atoms with Crippen LogP contribution in [0, 0.1) is 5.82 Å². The van der Waals surface area contributed by atoms with Gasteiger partial charge in [-0.2, -0.15) is 0 Å². The number of nitrogens with zero attached hydrogens (tertiary/aromatic N) is 2. The fourth-order valence-corrected chi connectivity index (χ4v) is 4.08. The number of pyridine rings is 1. The maximum Gasteiger partial charge on any atom is 0.343 e. The van der Waals surface area contributed by atoms with Gasteiger partial charge in [0.15, 0.2) is 0 Å². The number of carbonyl (C=O) groups excluding carboxylic acids is 1. The topological polar surface area (TPSA) is 63.6 Å². The Morgan fingerprint density at radius 3 is 2.58 bits per heavy atom. The minimum Gasteiger partial charge on any atom is -0.462 e. The van der Waals surface area contributed by atoms with Crippen LogP contribution >= 0.6 is 15.9 Å². The number of rotatable bonds is 5. The number of anilines is 1. The predicted octanol–water partition coefficient (Wildman–Crippen LogP) is 3.54. The van der Waals surface area contributed by atoms with Crippen molar-refractivity contribution >= 4 is 38.5 Å². The van der Waals surface area contributed by atoms with Crippen molar-refractivity contribution in [1.82, 2.24) is 9.88 Å². The first-order chi connectivity index (χ1) is 15.0. The third kappa shape index (κ3) is 4.50. The van der Waals surface area contributed by atoms with Crippen LogP contribution in [0.1, 0.15) is 22.8 Å². The maximum atomic E-state index is 15.0. The molecule has 0 unspecified atom stereocenters. The highest BCUT2D eigenvalue weighted by Crippen LogP contribution is 2.26. The Kier molecular flexibility index (Phi) is 6.38. The molecular formula is C23H23BrFN3O3. The summed E-state index contributed by atoms with van der Waals surface area (Å²) in [5, 5.41) is 3.42. The molecule has 3 aromatic rings. The monoisotopic (exact) mass is 487 g/mol. The van der Waals surface area contributed by atoms with Crippen LogP contribution in [0.4, 0.5) is 10.1 Å². The lowest BCUT2D eigenvalue weighted by atomic mass is 10.1. The van der Waals surface area contributed by atoms with Crippen LogP contribution < -0.4 is 15.6 Å². The second-order valence-corrected chi connectivity index (χ2v) is 8.32. The average Bonchev–Trinajstić information content (AvgIpc) is 2.77. The molecule has 162 valence electrons. The molecule has 1 aliphatic heterocycles. The van der Waals surface area contributed by atoms with Crippen molar-refractivity contribution in [3.05, 3.63) is 74.2 Å². The van der Waals surface area contributed by atoms with Crippen molar-refractivity contribution in [3.8, 4) is 0 Å². The van der Waals surface area contributed by atoms with Crippen molar-refractivity contribution in [2.24, 2.45) is 0 Å². The van der Waals surface area contributed by atoms with E-state index in [1.54, 1.807) is 13.0 Å². The van der Waals surface area contributed by atoms with Crippen molar-refractivity contribution < 1.29 is 13.9 Å². The quantitative estimate of drug-likeness (QED) is 0.557. The van der Waals surface area contributed by atoms with Gasteiger partial charge in [0.2, 0.25) is 5.43 Å². The summed E-state index contributed by atoms with van der Waals surface area (Å²) in [7, 11) is 0. The number of fused-ring (bicyclic) bond motifs is 1. The van der Waals surface area contributed by atoms with Gasteiger partial charge in [-0.05, 0) is 36.8 Å². The lowest BCUT2D eigenvalue weighted by molar-refractivity contribution is 0.0524. The SMILES string of the molecule is CCOC(=O)c1cn(Cc2ccc(Br)cc2)c2cc(N3CCNCC3)c(F)cc2c1=O. The smallest absolute Gasteiger partial charge is 0.343 e. The molecule has 2 aromatic carbocycles. The third-order valence-electron chi connectivity index (χ3n) is 5.37. The summed E-state index contributed by atoms with van der Waals surface area (Å²) >= 11 is 3.43. The summed E-state index contributed by atoms with van der Waals surface area (Å²) in [5.74, 6) is -1.17. The highest BCUT2D eigenvalue weighted by atomic mass is 79.9. The standard InChI is InChI=1S/C23H23BrFN3O3/c1-2-31-23(30)18-14-28(13-15-3-5-16(24)6-4-15)20-12-21(27-9-7-26-8-10-27)19(25)11-17(20)22(18)29/h3-6,11-12,14,26H,2,7-10,13H2,1H3. The summed E-state index contributed by atoms with van der Waals surface area (Å²) in [6, 6.07) is 10.7. The molecule has 8 heteroatoms.